The Balaban J connectivity index is 1.78. The second-order valence-corrected chi connectivity index (χ2v) is 8.78. The number of thiocarbonyl (C=S) groups is 1. The van der Waals surface area contributed by atoms with Crippen LogP contribution in [0.3, 0.4) is 0 Å². The molecular formula is C22H22ClN3O2S2. The summed E-state index contributed by atoms with van der Waals surface area (Å²) < 4.78 is 5.17. The summed E-state index contributed by atoms with van der Waals surface area (Å²) in [5, 5.41) is 6.19. The van der Waals surface area contributed by atoms with Gasteiger partial charge in [-0.1, -0.05) is 23.7 Å². The van der Waals surface area contributed by atoms with Crippen molar-refractivity contribution in [3.05, 3.63) is 80.7 Å². The van der Waals surface area contributed by atoms with Gasteiger partial charge in [0, 0.05) is 15.5 Å². The highest BCUT2D eigenvalue weighted by atomic mass is 35.5. The summed E-state index contributed by atoms with van der Waals surface area (Å²) in [6.07, 6.45) is 0. The number of anilines is 1. The van der Waals surface area contributed by atoms with Gasteiger partial charge in [0.05, 0.1) is 19.2 Å². The Morgan fingerprint density at radius 3 is 2.40 bits per heavy atom. The zero-order valence-electron chi connectivity index (χ0n) is 16.9. The summed E-state index contributed by atoms with van der Waals surface area (Å²) in [5.41, 5.74) is 3.07. The number of hydrogen-bond acceptors (Lipinski definition) is 5. The molecule has 0 bridgehead atoms. The first kappa shape index (κ1) is 22.2. The summed E-state index contributed by atoms with van der Waals surface area (Å²) in [7, 11) is 1.62. The fraction of sp³-hybridized carbons (Fsp3) is 0.182. The van der Waals surface area contributed by atoms with Crippen molar-refractivity contribution in [3.63, 3.8) is 0 Å². The number of halogens is 1. The third kappa shape index (κ3) is 4.99. The summed E-state index contributed by atoms with van der Waals surface area (Å²) in [4.78, 5) is 14.2. The van der Waals surface area contributed by atoms with Gasteiger partial charge in [0.1, 0.15) is 10.8 Å². The number of nitrogens with zero attached hydrogens (tertiary/aromatic N) is 1. The van der Waals surface area contributed by atoms with E-state index in [1.807, 2.05) is 38.1 Å². The van der Waals surface area contributed by atoms with Crippen LogP contribution in [-0.4, -0.2) is 23.0 Å². The molecule has 3 aromatic rings. The first-order valence-corrected chi connectivity index (χ1v) is 10.8. The van der Waals surface area contributed by atoms with E-state index in [9.17, 15) is 4.79 Å². The molecule has 0 saturated heterocycles. The average molecular weight is 460 g/mol. The highest BCUT2D eigenvalue weighted by Crippen LogP contribution is 2.34. The highest BCUT2D eigenvalue weighted by Gasteiger charge is 2.22. The molecule has 0 saturated carbocycles. The van der Waals surface area contributed by atoms with E-state index in [0.717, 1.165) is 21.8 Å². The molecule has 8 heteroatoms. The van der Waals surface area contributed by atoms with Gasteiger partial charge in [-0.25, -0.2) is 5.84 Å². The van der Waals surface area contributed by atoms with E-state index in [4.69, 9.17) is 34.4 Å². The minimum atomic E-state index is -0.0856. The maximum atomic E-state index is 13.1. The summed E-state index contributed by atoms with van der Waals surface area (Å²) in [5.74, 6) is 6.86. The summed E-state index contributed by atoms with van der Waals surface area (Å²) >= 11 is 12.9. The number of thiophene rings is 1. The van der Waals surface area contributed by atoms with E-state index in [0.29, 0.717) is 32.8 Å². The number of ketones is 1. The molecule has 3 N–H and O–H groups in total. The van der Waals surface area contributed by atoms with Crippen molar-refractivity contribution in [3.8, 4) is 5.75 Å². The van der Waals surface area contributed by atoms with Crippen molar-refractivity contribution in [1.29, 1.82) is 0 Å². The zero-order chi connectivity index (χ0) is 21.8. The third-order valence-corrected chi connectivity index (χ3v) is 6.42. The van der Waals surface area contributed by atoms with E-state index < -0.39 is 0 Å². The number of carbonyl (C=O) groups is 1. The molecule has 0 atom stereocenters. The van der Waals surface area contributed by atoms with Crippen LogP contribution in [0, 0.1) is 13.8 Å². The average Bonchev–Trinajstić information content (AvgIpc) is 3.01. The molecule has 30 heavy (non-hydrogen) atoms. The monoisotopic (exact) mass is 459 g/mol. The van der Waals surface area contributed by atoms with Gasteiger partial charge in [-0.3, -0.25) is 9.80 Å². The Morgan fingerprint density at radius 2 is 1.80 bits per heavy atom. The standard InChI is InChI=1S/C22H22ClN3O2S2/c1-13-14(2)30-21(19(13)20(27)16-6-8-17(23)9-7-16)25-22(29)26(24)12-15-4-10-18(28-3)11-5-15/h4-11H,12,24H2,1-3H3,(H,25,29). The van der Waals surface area contributed by atoms with E-state index in [-0.39, 0.29) is 5.78 Å². The van der Waals surface area contributed by atoms with Crippen LogP contribution < -0.4 is 15.9 Å². The number of hydrogen-bond donors (Lipinski definition) is 2. The zero-order valence-corrected chi connectivity index (χ0v) is 19.3. The van der Waals surface area contributed by atoms with Gasteiger partial charge in [0.15, 0.2) is 10.9 Å². The lowest BCUT2D eigenvalue weighted by atomic mass is 10.0. The Bertz CT molecular complexity index is 1060. The Labute approximate surface area is 190 Å². The van der Waals surface area contributed by atoms with Gasteiger partial charge in [0.2, 0.25) is 0 Å². The largest absolute Gasteiger partial charge is 0.497 e. The summed E-state index contributed by atoms with van der Waals surface area (Å²) in [6, 6.07) is 14.4. The molecular weight excluding hydrogens is 438 g/mol. The number of methoxy groups -OCH3 is 1. The van der Waals surface area contributed by atoms with Crippen LogP contribution in [0.15, 0.2) is 48.5 Å². The predicted octanol–water partition coefficient (Wildman–Crippen LogP) is 5.33. The molecule has 0 aliphatic carbocycles. The normalized spacial score (nSPS) is 10.6. The number of nitrogens with one attached hydrogen (secondary N) is 1. The lowest BCUT2D eigenvalue weighted by Crippen LogP contribution is -2.39. The quantitative estimate of drug-likeness (QED) is 0.225. The van der Waals surface area contributed by atoms with E-state index in [2.05, 4.69) is 5.32 Å². The van der Waals surface area contributed by atoms with Crippen LogP contribution in [0.5, 0.6) is 5.75 Å². The molecule has 156 valence electrons. The lowest BCUT2D eigenvalue weighted by Gasteiger charge is -2.20. The molecule has 3 rings (SSSR count). The van der Waals surface area contributed by atoms with Crippen LogP contribution in [-0.2, 0) is 6.54 Å². The van der Waals surface area contributed by atoms with Gasteiger partial charge in [-0.2, -0.15) is 0 Å². The Morgan fingerprint density at radius 1 is 1.17 bits per heavy atom. The fourth-order valence-corrected chi connectivity index (χ4v) is 4.32. The molecule has 0 unspecified atom stereocenters. The second kappa shape index (κ2) is 9.57. The van der Waals surface area contributed by atoms with Gasteiger partial charge < -0.3 is 10.1 Å². The number of hydrazine groups is 1. The van der Waals surface area contributed by atoms with Crippen molar-refractivity contribution in [2.75, 3.05) is 12.4 Å². The molecule has 5 nitrogen and oxygen atoms in total. The maximum absolute atomic E-state index is 13.1. The van der Waals surface area contributed by atoms with Crippen LogP contribution in [0.4, 0.5) is 5.00 Å². The maximum Gasteiger partial charge on any atom is 0.196 e. The predicted molar refractivity (Wildman–Crippen MR) is 128 cm³/mol. The molecule has 0 spiro atoms. The smallest absolute Gasteiger partial charge is 0.196 e. The number of benzene rings is 2. The third-order valence-electron chi connectivity index (χ3n) is 4.71. The van der Waals surface area contributed by atoms with Crippen LogP contribution in [0.1, 0.15) is 31.9 Å². The van der Waals surface area contributed by atoms with Crippen molar-refractivity contribution >= 4 is 51.1 Å². The van der Waals surface area contributed by atoms with Crippen LogP contribution >= 0.6 is 35.2 Å². The second-order valence-electron chi connectivity index (χ2n) is 6.73. The molecule has 0 radical (unpaired) electrons. The SMILES string of the molecule is COc1ccc(CN(N)C(=S)Nc2sc(C)c(C)c2C(=O)c2ccc(Cl)cc2)cc1. The Hall–Kier alpha value is -2.45. The highest BCUT2D eigenvalue weighted by molar-refractivity contribution is 7.80. The van der Waals surface area contributed by atoms with Gasteiger partial charge in [-0.15, -0.1) is 11.3 Å². The molecule has 0 amide bonds. The summed E-state index contributed by atoms with van der Waals surface area (Å²) in [6.45, 7) is 4.32. The molecule has 0 aliphatic heterocycles. The number of aryl methyl sites for hydroxylation is 1. The van der Waals surface area contributed by atoms with Crippen LogP contribution in [0.2, 0.25) is 5.02 Å². The molecule has 1 aromatic heterocycles. The van der Waals surface area contributed by atoms with E-state index >= 15 is 0 Å². The lowest BCUT2D eigenvalue weighted by molar-refractivity contribution is 0.103. The number of nitrogens with two attached hydrogens (primary N) is 1. The van der Waals surface area contributed by atoms with E-state index in [1.165, 1.54) is 16.3 Å². The number of rotatable bonds is 6. The van der Waals surface area contributed by atoms with Crippen molar-refractivity contribution in [1.82, 2.24) is 5.01 Å². The van der Waals surface area contributed by atoms with Crippen molar-refractivity contribution in [2.24, 2.45) is 5.84 Å². The van der Waals surface area contributed by atoms with Gasteiger partial charge in [0.25, 0.3) is 0 Å². The van der Waals surface area contributed by atoms with Gasteiger partial charge >= 0.3 is 0 Å². The number of carbonyl (C=O) groups excluding carboxylic acids is 1. The van der Waals surface area contributed by atoms with Crippen LogP contribution in [0.25, 0.3) is 0 Å². The topological polar surface area (TPSA) is 67.6 Å². The molecule has 1 heterocycles. The van der Waals surface area contributed by atoms with E-state index in [1.54, 1.807) is 31.4 Å². The minimum Gasteiger partial charge on any atom is -0.497 e. The first-order valence-electron chi connectivity index (χ1n) is 9.16. The first-order chi connectivity index (χ1) is 14.3. The molecule has 0 fully saturated rings. The fourth-order valence-electron chi connectivity index (χ4n) is 2.90. The number of ether oxygens (including phenoxy) is 1. The molecule has 0 aliphatic rings. The van der Waals surface area contributed by atoms with Crippen molar-refractivity contribution in [2.45, 2.75) is 20.4 Å². The molecule has 2 aromatic carbocycles. The van der Waals surface area contributed by atoms with Gasteiger partial charge in [-0.05, 0) is 73.6 Å². The Kier molecular flexibility index (Phi) is 7.10. The minimum absolute atomic E-state index is 0.0856. The van der Waals surface area contributed by atoms with Crippen molar-refractivity contribution < 1.29 is 9.53 Å².